The lowest BCUT2D eigenvalue weighted by Crippen LogP contribution is -2.29. The zero-order valence-corrected chi connectivity index (χ0v) is 11.5. The van der Waals surface area contributed by atoms with E-state index in [-0.39, 0.29) is 12.1 Å². The molecule has 1 saturated heterocycles. The lowest BCUT2D eigenvalue weighted by atomic mass is 9.99. The van der Waals surface area contributed by atoms with E-state index in [2.05, 4.69) is 20.7 Å². The molecule has 16 heavy (non-hydrogen) atoms. The summed E-state index contributed by atoms with van der Waals surface area (Å²) in [6.07, 6.45) is 7.64. The second-order valence-electron chi connectivity index (χ2n) is 4.28. The summed E-state index contributed by atoms with van der Waals surface area (Å²) < 4.78 is 10.6. The van der Waals surface area contributed by atoms with Crippen LogP contribution in [-0.2, 0) is 14.3 Å². The third-order valence-electron chi connectivity index (χ3n) is 2.97. The molecular formula is C12H21BrO3. The number of carbonyl (C=O) groups excluding carboxylic acids is 1. The van der Waals surface area contributed by atoms with E-state index in [9.17, 15) is 4.79 Å². The fourth-order valence-corrected chi connectivity index (χ4v) is 2.48. The summed E-state index contributed by atoms with van der Waals surface area (Å²) in [4.78, 5) is 11.1. The van der Waals surface area contributed by atoms with Gasteiger partial charge in [-0.3, -0.25) is 4.79 Å². The molecule has 0 spiro atoms. The maximum Gasteiger partial charge on any atom is 0.308 e. The number of halogens is 1. The Labute approximate surface area is 106 Å². The fourth-order valence-electron chi connectivity index (χ4n) is 2.08. The van der Waals surface area contributed by atoms with Gasteiger partial charge in [-0.05, 0) is 32.1 Å². The smallest absolute Gasteiger partial charge is 0.308 e. The first-order valence-electron chi connectivity index (χ1n) is 6.04. The van der Waals surface area contributed by atoms with Crippen LogP contribution in [-0.4, -0.2) is 30.6 Å². The number of alkyl halides is 1. The van der Waals surface area contributed by atoms with E-state index in [1.165, 1.54) is 26.4 Å². The molecule has 1 rings (SSSR count). The molecule has 0 radical (unpaired) electrons. The average molecular weight is 293 g/mol. The number of hydrogen-bond acceptors (Lipinski definition) is 3. The molecule has 0 aromatic rings. The maximum atomic E-state index is 11.1. The van der Waals surface area contributed by atoms with Crippen LogP contribution in [0.5, 0.6) is 0 Å². The SMILES string of the molecule is COC(=O)CC1CCCC(CCCCBr)O1. The number of rotatable bonds is 6. The minimum atomic E-state index is -0.161. The van der Waals surface area contributed by atoms with Crippen LogP contribution in [0.25, 0.3) is 0 Å². The number of unbranched alkanes of at least 4 members (excludes halogenated alkanes) is 1. The van der Waals surface area contributed by atoms with Crippen LogP contribution in [0, 0.1) is 0 Å². The highest BCUT2D eigenvalue weighted by molar-refractivity contribution is 9.09. The molecule has 1 aliphatic heterocycles. The second-order valence-corrected chi connectivity index (χ2v) is 5.07. The van der Waals surface area contributed by atoms with E-state index < -0.39 is 0 Å². The van der Waals surface area contributed by atoms with E-state index in [1.54, 1.807) is 0 Å². The minimum absolute atomic E-state index is 0.0789. The number of hydrogen-bond donors (Lipinski definition) is 0. The van der Waals surface area contributed by atoms with Crippen molar-refractivity contribution >= 4 is 21.9 Å². The van der Waals surface area contributed by atoms with Crippen LogP contribution in [0.4, 0.5) is 0 Å². The molecule has 2 atom stereocenters. The molecule has 1 heterocycles. The van der Waals surface area contributed by atoms with E-state index in [0.29, 0.717) is 12.5 Å². The minimum Gasteiger partial charge on any atom is -0.469 e. The number of carbonyl (C=O) groups is 1. The summed E-state index contributed by atoms with van der Waals surface area (Å²) in [5.41, 5.74) is 0. The van der Waals surface area contributed by atoms with Gasteiger partial charge in [0, 0.05) is 5.33 Å². The summed E-state index contributed by atoms with van der Waals surface area (Å²) in [5.74, 6) is -0.161. The second kappa shape index (κ2) is 8.07. The van der Waals surface area contributed by atoms with E-state index in [0.717, 1.165) is 24.6 Å². The summed E-state index contributed by atoms with van der Waals surface area (Å²) in [7, 11) is 1.43. The van der Waals surface area contributed by atoms with Gasteiger partial charge >= 0.3 is 5.97 Å². The highest BCUT2D eigenvalue weighted by Gasteiger charge is 2.24. The normalized spacial score (nSPS) is 25.4. The molecule has 0 amide bonds. The van der Waals surface area contributed by atoms with Crippen molar-refractivity contribution in [3.05, 3.63) is 0 Å². The zero-order valence-electron chi connectivity index (χ0n) is 9.91. The van der Waals surface area contributed by atoms with Gasteiger partial charge in [-0.25, -0.2) is 0 Å². The third kappa shape index (κ3) is 5.30. The Hall–Kier alpha value is -0.0900. The molecule has 0 bridgehead atoms. The number of ether oxygens (including phenoxy) is 2. The topological polar surface area (TPSA) is 35.5 Å². The van der Waals surface area contributed by atoms with Gasteiger partial charge in [0.1, 0.15) is 0 Å². The molecule has 2 unspecified atom stereocenters. The molecule has 3 nitrogen and oxygen atoms in total. The summed E-state index contributed by atoms with van der Waals surface area (Å²) in [6.45, 7) is 0. The Morgan fingerprint density at radius 3 is 2.81 bits per heavy atom. The Morgan fingerprint density at radius 1 is 1.38 bits per heavy atom. The number of methoxy groups -OCH3 is 1. The Bertz CT molecular complexity index is 208. The van der Waals surface area contributed by atoms with Crippen LogP contribution < -0.4 is 0 Å². The van der Waals surface area contributed by atoms with Crippen molar-refractivity contribution in [2.75, 3.05) is 12.4 Å². The van der Waals surface area contributed by atoms with Crippen LogP contribution in [0.15, 0.2) is 0 Å². The lowest BCUT2D eigenvalue weighted by molar-refractivity contribution is -0.147. The summed E-state index contributed by atoms with van der Waals surface area (Å²) in [5, 5.41) is 1.06. The predicted octanol–water partition coefficient (Wildman–Crippen LogP) is 3.05. The summed E-state index contributed by atoms with van der Waals surface area (Å²) in [6, 6.07) is 0. The zero-order chi connectivity index (χ0) is 11.8. The third-order valence-corrected chi connectivity index (χ3v) is 3.53. The largest absolute Gasteiger partial charge is 0.469 e. The maximum absolute atomic E-state index is 11.1. The van der Waals surface area contributed by atoms with Crippen LogP contribution in [0.3, 0.4) is 0 Å². The molecule has 4 heteroatoms. The molecular weight excluding hydrogens is 272 g/mol. The Balaban J connectivity index is 2.21. The molecule has 94 valence electrons. The van der Waals surface area contributed by atoms with Crippen molar-refractivity contribution in [3.63, 3.8) is 0 Å². The first-order valence-corrected chi connectivity index (χ1v) is 7.16. The monoisotopic (exact) mass is 292 g/mol. The van der Waals surface area contributed by atoms with Crippen LogP contribution in [0.1, 0.15) is 44.9 Å². The van der Waals surface area contributed by atoms with Crippen molar-refractivity contribution in [3.8, 4) is 0 Å². The van der Waals surface area contributed by atoms with Gasteiger partial charge in [-0.2, -0.15) is 0 Å². The molecule has 0 aromatic carbocycles. The fraction of sp³-hybridized carbons (Fsp3) is 0.917. The van der Waals surface area contributed by atoms with Gasteiger partial charge in [0.15, 0.2) is 0 Å². The highest BCUT2D eigenvalue weighted by Crippen LogP contribution is 2.24. The molecule has 0 aromatic heterocycles. The first kappa shape index (κ1) is 14.0. The molecule has 0 N–H and O–H groups in total. The first-order chi connectivity index (χ1) is 7.76. The predicted molar refractivity (Wildman–Crippen MR) is 66.8 cm³/mol. The quantitative estimate of drug-likeness (QED) is 0.429. The molecule has 1 fully saturated rings. The van der Waals surface area contributed by atoms with Crippen molar-refractivity contribution in [1.29, 1.82) is 0 Å². The van der Waals surface area contributed by atoms with Crippen molar-refractivity contribution in [2.24, 2.45) is 0 Å². The van der Waals surface area contributed by atoms with Gasteiger partial charge < -0.3 is 9.47 Å². The van der Waals surface area contributed by atoms with Crippen molar-refractivity contribution in [2.45, 2.75) is 57.2 Å². The van der Waals surface area contributed by atoms with Gasteiger partial charge in [0.05, 0.1) is 25.7 Å². The van der Waals surface area contributed by atoms with E-state index in [1.807, 2.05) is 0 Å². The average Bonchev–Trinajstić information content (AvgIpc) is 2.30. The van der Waals surface area contributed by atoms with Crippen LogP contribution >= 0.6 is 15.9 Å². The Morgan fingerprint density at radius 2 is 2.12 bits per heavy atom. The van der Waals surface area contributed by atoms with Gasteiger partial charge in [0.25, 0.3) is 0 Å². The van der Waals surface area contributed by atoms with Crippen molar-refractivity contribution < 1.29 is 14.3 Å². The standard InChI is InChI=1S/C12H21BrO3/c1-15-12(14)9-11-7-4-6-10(16-11)5-2-3-8-13/h10-11H,2-9H2,1H3. The Kier molecular flexibility index (Phi) is 7.05. The highest BCUT2D eigenvalue weighted by atomic mass is 79.9. The number of esters is 1. The molecule has 1 aliphatic rings. The molecule has 0 aliphatic carbocycles. The van der Waals surface area contributed by atoms with Gasteiger partial charge in [0.2, 0.25) is 0 Å². The van der Waals surface area contributed by atoms with E-state index in [4.69, 9.17) is 4.74 Å². The van der Waals surface area contributed by atoms with E-state index >= 15 is 0 Å². The summed E-state index contributed by atoms with van der Waals surface area (Å²) >= 11 is 3.43. The van der Waals surface area contributed by atoms with Crippen molar-refractivity contribution in [1.82, 2.24) is 0 Å². The van der Waals surface area contributed by atoms with Crippen LogP contribution in [0.2, 0.25) is 0 Å². The lowest BCUT2D eigenvalue weighted by Gasteiger charge is -2.29. The van der Waals surface area contributed by atoms with Gasteiger partial charge in [-0.15, -0.1) is 0 Å². The van der Waals surface area contributed by atoms with Gasteiger partial charge in [-0.1, -0.05) is 22.4 Å². The molecule has 0 saturated carbocycles.